The van der Waals surface area contributed by atoms with Crippen LogP contribution in [0.1, 0.15) is 63.2 Å². The zero-order valence-corrected chi connectivity index (χ0v) is 27.5. The number of carbonyl (C=O) groups is 2. The fourth-order valence-electron chi connectivity index (χ4n) is 4.86. The summed E-state index contributed by atoms with van der Waals surface area (Å²) in [5, 5.41) is 14.2. The number of nitrogens with zero attached hydrogens (tertiary/aromatic N) is 2. The number of hydrogen-bond acceptors (Lipinski definition) is 8. The van der Waals surface area contributed by atoms with Crippen molar-refractivity contribution < 1.29 is 45.8 Å². The van der Waals surface area contributed by atoms with Crippen molar-refractivity contribution in [1.82, 2.24) is 9.21 Å². The lowest BCUT2D eigenvalue weighted by molar-refractivity contribution is -0.142. The van der Waals surface area contributed by atoms with E-state index in [1.54, 1.807) is 18.4 Å². The molecule has 45 heavy (non-hydrogen) atoms. The first-order chi connectivity index (χ1) is 21.1. The summed E-state index contributed by atoms with van der Waals surface area (Å²) in [6.07, 6.45) is -5.41. The normalized spacial score (nSPS) is 21.5. The smallest absolute Gasteiger partial charge is 0.389 e. The number of aliphatic hydroxyl groups is 1. The van der Waals surface area contributed by atoms with E-state index in [0.29, 0.717) is 19.4 Å². The molecule has 2 aromatic rings. The maximum absolute atomic E-state index is 14.1. The highest BCUT2D eigenvalue weighted by atomic mass is 32.2. The lowest BCUT2D eigenvalue weighted by Crippen LogP contribution is -2.48. The molecule has 15 heteroatoms. The molecular weight excluding hydrogens is 635 g/mol. The number of rotatable bonds is 9. The van der Waals surface area contributed by atoms with E-state index in [1.165, 1.54) is 40.5 Å². The van der Waals surface area contributed by atoms with Crippen LogP contribution in [0.4, 0.5) is 18.9 Å². The average Bonchev–Trinajstić information content (AvgIpc) is 3.53. The largest absolute Gasteiger partial charge is 0.490 e. The van der Waals surface area contributed by atoms with E-state index < -0.39 is 53.0 Å². The lowest BCUT2D eigenvalue weighted by Gasteiger charge is -2.35. The third-order valence-electron chi connectivity index (χ3n) is 7.57. The molecule has 10 nitrogen and oxygen atoms in total. The third kappa shape index (κ3) is 10.7. The van der Waals surface area contributed by atoms with Crippen LogP contribution < -0.4 is 10.1 Å². The lowest BCUT2D eigenvalue weighted by atomic mass is 10.0. The van der Waals surface area contributed by atoms with Crippen molar-refractivity contribution in [3.05, 3.63) is 41.3 Å². The van der Waals surface area contributed by atoms with Crippen LogP contribution >= 0.6 is 11.3 Å². The minimum Gasteiger partial charge on any atom is -0.490 e. The number of fused-ring (bicyclic) bond motifs is 1. The minimum absolute atomic E-state index is 0.0289. The van der Waals surface area contributed by atoms with Crippen LogP contribution in [0.3, 0.4) is 0 Å². The van der Waals surface area contributed by atoms with Gasteiger partial charge in [-0.15, -0.1) is 11.3 Å². The van der Waals surface area contributed by atoms with Gasteiger partial charge in [-0.2, -0.15) is 17.5 Å². The summed E-state index contributed by atoms with van der Waals surface area (Å²) in [5.74, 6) is -1.55. The molecular formula is C30H42F3N3O7S2. The van der Waals surface area contributed by atoms with Crippen molar-refractivity contribution in [3.8, 4) is 5.75 Å². The van der Waals surface area contributed by atoms with Gasteiger partial charge in [-0.3, -0.25) is 9.59 Å². The number of alkyl halides is 3. The quantitative estimate of drug-likeness (QED) is 0.377. The van der Waals surface area contributed by atoms with Crippen LogP contribution in [0.5, 0.6) is 5.75 Å². The summed E-state index contributed by atoms with van der Waals surface area (Å²) in [6, 6.07) is 6.84. The highest BCUT2D eigenvalue weighted by Crippen LogP contribution is 2.29. The number of carbonyl (C=O) groups excluding carboxylic acids is 2. The second-order valence-electron chi connectivity index (χ2n) is 11.4. The van der Waals surface area contributed by atoms with Crippen molar-refractivity contribution in [2.45, 2.75) is 81.5 Å². The molecule has 252 valence electrons. The van der Waals surface area contributed by atoms with Crippen LogP contribution in [0.2, 0.25) is 0 Å². The summed E-state index contributed by atoms with van der Waals surface area (Å²) >= 11 is 1.11. The van der Waals surface area contributed by atoms with E-state index in [2.05, 4.69) is 5.32 Å². The second-order valence-corrected chi connectivity index (χ2v) is 14.6. The molecule has 3 rings (SSSR count). The van der Waals surface area contributed by atoms with Crippen LogP contribution in [0.15, 0.2) is 39.9 Å². The van der Waals surface area contributed by atoms with Gasteiger partial charge in [0.2, 0.25) is 5.91 Å². The number of benzene rings is 1. The monoisotopic (exact) mass is 677 g/mol. The molecule has 2 amide bonds. The van der Waals surface area contributed by atoms with Crippen LogP contribution in [0.25, 0.3) is 0 Å². The number of hydrogen-bond donors (Lipinski definition) is 2. The molecule has 0 bridgehead atoms. The third-order valence-corrected chi connectivity index (χ3v) is 10.8. The standard InChI is InChI=1S/C30H42F3N3O7S2/c1-20-17-36(21(2)19-37)29(39)24-16-23(34-27(38)12-13-30(31,32)33)10-11-25(24)43-22(3)8-5-6-14-42-26(20)18-35(4)45(40,41)28-9-7-15-44-28/h7,9-11,15-16,20-22,26,37H,5-6,8,12-14,17-19H2,1-4H3,(H,34,38)/t20-,21-,22-,26+/m1/s1. The van der Waals surface area contributed by atoms with Crippen molar-refractivity contribution in [3.63, 3.8) is 0 Å². The fraction of sp³-hybridized carbons (Fsp3) is 0.600. The van der Waals surface area contributed by atoms with Crippen molar-refractivity contribution >= 4 is 38.9 Å². The number of nitrogens with one attached hydrogen (secondary N) is 1. The average molecular weight is 678 g/mol. The van der Waals surface area contributed by atoms with E-state index in [1.807, 2.05) is 13.8 Å². The van der Waals surface area contributed by atoms with Crippen molar-refractivity contribution in [2.75, 3.05) is 38.7 Å². The van der Waals surface area contributed by atoms with Gasteiger partial charge >= 0.3 is 6.18 Å². The van der Waals surface area contributed by atoms with Gasteiger partial charge in [0.15, 0.2) is 0 Å². The van der Waals surface area contributed by atoms with Gasteiger partial charge in [0.1, 0.15) is 9.96 Å². The Kier molecular flexibility index (Phi) is 13.2. The zero-order valence-electron chi connectivity index (χ0n) is 25.9. The molecule has 0 saturated carbocycles. The number of ether oxygens (including phenoxy) is 2. The zero-order chi connectivity index (χ0) is 33.4. The number of amides is 2. The number of sulfonamides is 1. The Morgan fingerprint density at radius 3 is 2.62 bits per heavy atom. The number of anilines is 1. The highest BCUT2D eigenvalue weighted by molar-refractivity contribution is 7.91. The van der Waals surface area contributed by atoms with E-state index in [4.69, 9.17) is 9.47 Å². The Labute approximate surface area is 266 Å². The maximum atomic E-state index is 14.1. The number of halogens is 3. The summed E-state index contributed by atoms with van der Waals surface area (Å²) in [6.45, 7) is 5.43. The first-order valence-electron chi connectivity index (χ1n) is 14.8. The number of thiophene rings is 1. The SMILES string of the molecule is C[C@@H]1CCCCO[C@@H](CN(C)S(=O)(=O)c2cccs2)[C@H](C)CN([C@H](C)CO)C(=O)c2cc(NC(=O)CCC(F)(F)F)ccc2O1. The van der Waals surface area contributed by atoms with E-state index >= 15 is 0 Å². The molecule has 1 aromatic carbocycles. The van der Waals surface area contributed by atoms with Crippen LogP contribution in [-0.2, 0) is 19.6 Å². The molecule has 0 fully saturated rings. The highest BCUT2D eigenvalue weighted by Gasteiger charge is 2.33. The van der Waals surface area contributed by atoms with Gasteiger partial charge in [0.25, 0.3) is 15.9 Å². The van der Waals surface area contributed by atoms with Gasteiger partial charge < -0.3 is 24.8 Å². The Balaban J connectivity index is 1.94. The van der Waals surface area contributed by atoms with Crippen molar-refractivity contribution in [2.24, 2.45) is 5.92 Å². The van der Waals surface area contributed by atoms with E-state index in [0.717, 1.165) is 17.8 Å². The Morgan fingerprint density at radius 1 is 1.24 bits per heavy atom. The molecule has 1 aromatic heterocycles. The second kappa shape index (κ2) is 16.2. The molecule has 0 saturated heterocycles. The Bertz CT molecular complexity index is 1370. The van der Waals surface area contributed by atoms with Gasteiger partial charge in [-0.25, -0.2) is 8.42 Å². The van der Waals surface area contributed by atoms with E-state index in [-0.39, 0.29) is 52.9 Å². The van der Waals surface area contributed by atoms with Gasteiger partial charge in [0, 0.05) is 44.8 Å². The molecule has 0 spiro atoms. The predicted molar refractivity (Wildman–Crippen MR) is 165 cm³/mol. The molecule has 0 radical (unpaired) electrons. The van der Waals surface area contributed by atoms with Gasteiger partial charge in [-0.05, 0) is 62.8 Å². The Hall–Kier alpha value is -2.72. The minimum atomic E-state index is -4.49. The maximum Gasteiger partial charge on any atom is 0.389 e. The van der Waals surface area contributed by atoms with Crippen LogP contribution in [-0.4, -0.2) is 92.3 Å². The Morgan fingerprint density at radius 2 is 1.98 bits per heavy atom. The van der Waals surface area contributed by atoms with E-state index in [9.17, 15) is 36.3 Å². The summed E-state index contributed by atoms with van der Waals surface area (Å²) in [7, 11) is -2.28. The molecule has 4 atom stereocenters. The summed E-state index contributed by atoms with van der Waals surface area (Å²) in [4.78, 5) is 27.8. The first-order valence-corrected chi connectivity index (χ1v) is 17.1. The van der Waals surface area contributed by atoms with Crippen molar-refractivity contribution in [1.29, 1.82) is 0 Å². The van der Waals surface area contributed by atoms with Gasteiger partial charge in [0.05, 0.1) is 36.8 Å². The predicted octanol–water partition coefficient (Wildman–Crippen LogP) is 5.15. The summed E-state index contributed by atoms with van der Waals surface area (Å²) < 4.78 is 78.0. The molecule has 1 aliphatic heterocycles. The fourth-order valence-corrected chi connectivity index (χ4v) is 7.24. The number of likely N-dealkylation sites (N-methyl/N-ethyl adjacent to an activating group) is 1. The molecule has 0 unspecified atom stereocenters. The van der Waals surface area contributed by atoms with Gasteiger partial charge in [-0.1, -0.05) is 13.0 Å². The first kappa shape index (κ1) is 36.7. The summed E-state index contributed by atoms with van der Waals surface area (Å²) in [5.41, 5.74) is 0.188. The molecule has 2 N–H and O–H groups in total. The number of aliphatic hydroxyl groups excluding tert-OH is 1. The molecule has 1 aliphatic rings. The topological polar surface area (TPSA) is 125 Å². The molecule has 0 aliphatic carbocycles. The van der Waals surface area contributed by atoms with Crippen LogP contribution in [0, 0.1) is 5.92 Å². The molecule has 2 heterocycles.